The van der Waals surface area contributed by atoms with Crippen LogP contribution >= 0.6 is 0 Å². The van der Waals surface area contributed by atoms with E-state index < -0.39 is 23.7 Å². The van der Waals surface area contributed by atoms with Gasteiger partial charge in [-0.25, -0.2) is 0 Å². The number of anilines is 1. The quantitative estimate of drug-likeness (QED) is 0.871. The van der Waals surface area contributed by atoms with E-state index in [1.54, 1.807) is 12.1 Å². The Balaban J connectivity index is 1.98. The number of nitrogens with zero attached hydrogens (tertiary/aromatic N) is 3. The third-order valence-electron chi connectivity index (χ3n) is 5.21. The van der Waals surface area contributed by atoms with Crippen LogP contribution in [0.1, 0.15) is 36.5 Å². The smallest absolute Gasteiger partial charge is 0.378 e. The van der Waals surface area contributed by atoms with Crippen LogP contribution in [0.4, 0.5) is 18.9 Å². The van der Waals surface area contributed by atoms with Crippen molar-refractivity contribution < 1.29 is 23.1 Å². The maximum Gasteiger partial charge on any atom is 0.439 e. The Hall–Kier alpha value is -2.09. The number of hydrazone groups is 1. The number of amides is 1. The Morgan fingerprint density at radius 2 is 1.92 bits per heavy atom. The molecule has 1 saturated carbocycles. The van der Waals surface area contributed by atoms with Gasteiger partial charge in [-0.05, 0) is 49.4 Å². The SMILES string of the molecule is C[C@@H]1CCC2=NN(C(=O)c3ccc(N(C)C)cc3)[C@@](O)(C(F)(F)F)[C@H]2C1. The minimum Gasteiger partial charge on any atom is -0.378 e. The zero-order valence-electron chi connectivity index (χ0n) is 14.9. The third kappa shape index (κ3) is 2.86. The molecule has 1 heterocycles. The average Bonchev–Trinajstić information content (AvgIpc) is 2.88. The first-order chi connectivity index (χ1) is 12.1. The van der Waals surface area contributed by atoms with Gasteiger partial charge in [0.1, 0.15) is 0 Å². The van der Waals surface area contributed by atoms with E-state index in [0.717, 1.165) is 5.69 Å². The summed E-state index contributed by atoms with van der Waals surface area (Å²) in [6.07, 6.45) is -3.80. The van der Waals surface area contributed by atoms with Gasteiger partial charge in [0.25, 0.3) is 11.6 Å². The molecule has 0 spiro atoms. The number of carbonyl (C=O) groups excluding carboxylic acids is 1. The lowest BCUT2D eigenvalue weighted by Gasteiger charge is -2.39. The van der Waals surface area contributed by atoms with Crippen molar-refractivity contribution in [1.82, 2.24) is 5.01 Å². The molecule has 0 saturated heterocycles. The molecule has 5 nitrogen and oxygen atoms in total. The third-order valence-corrected chi connectivity index (χ3v) is 5.21. The van der Waals surface area contributed by atoms with E-state index in [2.05, 4.69) is 5.10 Å². The van der Waals surface area contributed by atoms with Crippen molar-refractivity contribution >= 4 is 17.3 Å². The first-order valence-electron chi connectivity index (χ1n) is 8.54. The van der Waals surface area contributed by atoms with E-state index in [1.165, 1.54) is 12.1 Å². The van der Waals surface area contributed by atoms with Crippen LogP contribution in [0, 0.1) is 11.8 Å². The Morgan fingerprint density at radius 3 is 2.46 bits per heavy atom. The molecule has 0 bridgehead atoms. The summed E-state index contributed by atoms with van der Waals surface area (Å²) < 4.78 is 41.4. The molecule has 1 amide bonds. The van der Waals surface area contributed by atoms with E-state index in [4.69, 9.17) is 0 Å². The van der Waals surface area contributed by atoms with Gasteiger partial charge in [0.2, 0.25) is 0 Å². The van der Waals surface area contributed by atoms with Crippen LogP contribution in [-0.4, -0.2) is 47.7 Å². The highest BCUT2D eigenvalue weighted by Crippen LogP contribution is 2.49. The molecule has 1 aromatic carbocycles. The van der Waals surface area contributed by atoms with Crippen molar-refractivity contribution in [3.8, 4) is 0 Å². The standard InChI is InChI=1S/C18H22F3N3O2/c1-11-4-9-15-14(10-11)17(26,18(19,20)21)24(22-15)16(25)12-5-7-13(8-6-12)23(2)3/h5-8,11,14,26H,4,9-10H2,1-3H3/t11-,14+,17+/m1/s1. The number of aliphatic hydroxyl groups is 1. The lowest BCUT2D eigenvalue weighted by molar-refractivity contribution is -0.313. The summed E-state index contributed by atoms with van der Waals surface area (Å²) in [4.78, 5) is 14.6. The van der Waals surface area contributed by atoms with Crippen molar-refractivity contribution in [2.45, 2.75) is 38.1 Å². The zero-order chi connectivity index (χ0) is 19.3. The average molecular weight is 369 g/mol. The van der Waals surface area contributed by atoms with E-state index in [1.807, 2.05) is 25.9 Å². The topological polar surface area (TPSA) is 56.1 Å². The number of benzene rings is 1. The van der Waals surface area contributed by atoms with Crippen LogP contribution in [0.3, 0.4) is 0 Å². The number of rotatable bonds is 2. The molecular formula is C18H22F3N3O2. The second-order valence-electron chi connectivity index (χ2n) is 7.31. The van der Waals surface area contributed by atoms with Gasteiger partial charge < -0.3 is 10.0 Å². The lowest BCUT2D eigenvalue weighted by atomic mass is 9.76. The molecule has 0 radical (unpaired) electrons. The molecular weight excluding hydrogens is 347 g/mol. The van der Waals surface area contributed by atoms with Gasteiger partial charge in [-0.15, -0.1) is 0 Å². The summed E-state index contributed by atoms with van der Waals surface area (Å²) in [5, 5.41) is 14.8. The highest BCUT2D eigenvalue weighted by atomic mass is 19.4. The Bertz CT molecular complexity index is 730. The predicted octanol–water partition coefficient (Wildman–Crippen LogP) is 3.25. The summed E-state index contributed by atoms with van der Waals surface area (Å²) in [7, 11) is 3.63. The first-order valence-corrected chi connectivity index (χ1v) is 8.54. The van der Waals surface area contributed by atoms with Crippen molar-refractivity contribution in [2.24, 2.45) is 16.9 Å². The summed E-state index contributed by atoms with van der Waals surface area (Å²) in [5.41, 5.74) is -2.19. The zero-order valence-corrected chi connectivity index (χ0v) is 14.9. The summed E-state index contributed by atoms with van der Waals surface area (Å²) >= 11 is 0. The second kappa shape index (κ2) is 6.26. The minimum absolute atomic E-state index is 0.0299. The van der Waals surface area contributed by atoms with Gasteiger partial charge in [-0.3, -0.25) is 4.79 Å². The predicted molar refractivity (Wildman–Crippen MR) is 91.9 cm³/mol. The van der Waals surface area contributed by atoms with E-state index in [-0.39, 0.29) is 28.6 Å². The van der Waals surface area contributed by atoms with Gasteiger partial charge in [-0.2, -0.15) is 23.3 Å². The van der Waals surface area contributed by atoms with Crippen molar-refractivity contribution in [3.63, 3.8) is 0 Å². The molecule has 1 N–H and O–H groups in total. The Labute approximate surface area is 150 Å². The van der Waals surface area contributed by atoms with Crippen molar-refractivity contribution in [1.29, 1.82) is 0 Å². The summed E-state index contributed by atoms with van der Waals surface area (Å²) in [6.45, 7) is 1.85. The fourth-order valence-corrected chi connectivity index (χ4v) is 3.64. The maximum absolute atomic E-state index is 13.8. The van der Waals surface area contributed by atoms with Crippen LogP contribution in [0.15, 0.2) is 29.4 Å². The Morgan fingerprint density at radius 1 is 1.31 bits per heavy atom. The fourth-order valence-electron chi connectivity index (χ4n) is 3.64. The van der Waals surface area contributed by atoms with Gasteiger partial charge in [-0.1, -0.05) is 6.92 Å². The van der Waals surface area contributed by atoms with E-state index >= 15 is 0 Å². The van der Waals surface area contributed by atoms with Gasteiger partial charge in [0.15, 0.2) is 0 Å². The van der Waals surface area contributed by atoms with Crippen LogP contribution in [0.5, 0.6) is 0 Å². The van der Waals surface area contributed by atoms with Gasteiger partial charge in [0, 0.05) is 31.1 Å². The summed E-state index contributed by atoms with van der Waals surface area (Å²) in [5.74, 6) is -2.14. The Kier molecular flexibility index (Phi) is 4.50. The maximum atomic E-state index is 13.8. The molecule has 1 aromatic rings. The molecule has 26 heavy (non-hydrogen) atoms. The number of hydrogen-bond donors (Lipinski definition) is 1. The number of alkyl halides is 3. The highest BCUT2D eigenvalue weighted by molar-refractivity contribution is 5.99. The van der Waals surface area contributed by atoms with Crippen LogP contribution in [-0.2, 0) is 0 Å². The molecule has 1 aliphatic heterocycles. The van der Waals surface area contributed by atoms with Crippen LogP contribution < -0.4 is 4.90 Å². The molecule has 2 aliphatic rings. The fraction of sp³-hybridized carbons (Fsp3) is 0.556. The number of halogens is 3. The van der Waals surface area contributed by atoms with Crippen LogP contribution in [0.25, 0.3) is 0 Å². The molecule has 0 unspecified atom stereocenters. The molecule has 1 aliphatic carbocycles. The van der Waals surface area contributed by atoms with Crippen molar-refractivity contribution in [3.05, 3.63) is 29.8 Å². The minimum atomic E-state index is -5.00. The monoisotopic (exact) mass is 369 g/mol. The number of carbonyl (C=O) groups is 1. The molecule has 3 rings (SSSR count). The van der Waals surface area contributed by atoms with Crippen molar-refractivity contribution in [2.75, 3.05) is 19.0 Å². The normalized spacial score (nSPS) is 28.6. The van der Waals surface area contributed by atoms with Gasteiger partial charge >= 0.3 is 6.18 Å². The number of hydrogen-bond acceptors (Lipinski definition) is 4. The van der Waals surface area contributed by atoms with E-state index in [0.29, 0.717) is 12.8 Å². The molecule has 0 aromatic heterocycles. The summed E-state index contributed by atoms with van der Waals surface area (Å²) in [6, 6.07) is 6.16. The molecule has 3 atom stereocenters. The lowest BCUT2D eigenvalue weighted by Crippen LogP contribution is -2.61. The molecule has 8 heteroatoms. The first kappa shape index (κ1) is 18.7. The molecule has 1 fully saturated rings. The van der Waals surface area contributed by atoms with Gasteiger partial charge in [0.05, 0.1) is 5.92 Å². The van der Waals surface area contributed by atoms with Crippen LogP contribution in [0.2, 0.25) is 0 Å². The van der Waals surface area contributed by atoms with E-state index in [9.17, 15) is 23.1 Å². The molecule has 142 valence electrons. The highest BCUT2D eigenvalue weighted by Gasteiger charge is 2.68. The largest absolute Gasteiger partial charge is 0.439 e. The number of fused-ring (bicyclic) bond motifs is 1. The second-order valence-corrected chi connectivity index (χ2v) is 7.31.